The second-order valence-electron chi connectivity index (χ2n) is 39.3. The van der Waals surface area contributed by atoms with Gasteiger partial charge in [0.15, 0.2) is 17.5 Å². The number of para-hydroxylation sites is 3. The molecule has 0 spiro atoms. The fourth-order valence-corrected chi connectivity index (χ4v) is 20.5. The highest BCUT2D eigenvalue weighted by atomic mass is 16.5. The van der Waals surface area contributed by atoms with Gasteiger partial charge in [-0.2, -0.15) is 20.1 Å². The van der Waals surface area contributed by atoms with E-state index in [1.165, 1.54) is 11.3 Å². The molecule has 8 aromatic carbocycles. The molecule has 0 bridgehead atoms. The summed E-state index contributed by atoms with van der Waals surface area (Å²) in [5, 5.41) is 14.5. The van der Waals surface area contributed by atoms with Gasteiger partial charge in [-0.25, -0.2) is 44.0 Å². The molecule has 0 aliphatic carbocycles. The maximum atomic E-state index is 14.7. The monoisotopic (exact) mass is 2000 g/mol. The van der Waals surface area contributed by atoms with Crippen LogP contribution in [0.25, 0.3) is 0 Å². The molecule has 5 saturated heterocycles. The number of urea groups is 3. The summed E-state index contributed by atoms with van der Waals surface area (Å²) in [4.78, 5) is 143. The molecule has 0 atom stereocenters. The standard InChI is InChI=1S/C39H47N9O3.C38H45N9O3.C34H42N10O3/c1-27-7-6-8-28(2)36(27)47-26-31-24-40-38(41-32-11-9-30(10-12-32)25-44-17-15-43(4)16-18-44)42-37(31)48(39(47)50)34-14-13-33(23-35(34)51-5)46-21-19-45(20-22-46)29(3)49;1-26-7-6-8-27(2)35(26)46-25-29-24-39-37(40-30-9-11-31(12-10-30)44-17-15-42(4)16-18-44)41-36(29)47(38(46)49)33-14-13-32(23-34(33)50-5)45-21-19-43(20-22-45)28(3)48;1-23-8-7-9-24(2)31(23)43-21-26-19-35-33(37-27-20-36-42(22-27)17-12-39(4)5)38-32(26)44(34(43)46)29-11-10-28(18-30(29)47-6)41-15-13-40(14-16-41)25(3)45/h6-14,23-24H,15-22,25-26H2,1-5H3,(H,40,41,42);6-14,23-24H,15-22,25H2,1-5H3,(H,39,40,41);7-11,18-20,22H,12-17,21H2,1-6H3,(H,35,37,38). The number of nitrogens with zero attached hydrogens (tertiary/aromatic N) is 25. The Morgan fingerprint density at radius 3 is 0.993 bits per heavy atom. The third-order valence-corrected chi connectivity index (χ3v) is 28.9. The number of nitrogens with one attached hydrogen (secondary N) is 3. The van der Waals surface area contributed by atoms with Crippen LogP contribution in [0.2, 0.25) is 0 Å². The third kappa shape index (κ3) is 22.6. The van der Waals surface area contributed by atoms with Crippen molar-refractivity contribution < 1.29 is 43.0 Å². The van der Waals surface area contributed by atoms with Gasteiger partial charge in [0.05, 0.1) is 93.5 Å². The summed E-state index contributed by atoms with van der Waals surface area (Å²) >= 11 is 0. The van der Waals surface area contributed by atoms with Crippen LogP contribution in [0, 0.1) is 41.5 Å². The summed E-state index contributed by atoms with van der Waals surface area (Å²) in [6.45, 7) is 37.1. The molecule has 37 nitrogen and oxygen atoms in total. The quantitative estimate of drug-likeness (QED) is 0.0506. The molecule has 12 aromatic rings. The van der Waals surface area contributed by atoms with Gasteiger partial charge in [0, 0.05) is 259 Å². The van der Waals surface area contributed by atoms with Crippen LogP contribution in [0.4, 0.5) is 124 Å². The smallest absolute Gasteiger partial charge is 0.335 e. The van der Waals surface area contributed by atoms with Crippen molar-refractivity contribution in [1.29, 1.82) is 0 Å². The Kier molecular flexibility index (Phi) is 31.2. The Balaban J connectivity index is 0.000000145. The van der Waals surface area contributed by atoms with Crippen molar-refractivity contribution in [3.8, 4) is 17.2 Å². The van der Waals surface area contributed by atoms with Gasteiger partial charge in [0.25, 0.3) is 0 Å². The minimum absolute atomic E-state index is 0.0855. The molecule has 37 heteroatoms. The predicted octanol–water partition coefficient (Wildman–Crippen LogP) is 15.6. The summed E-state index contributed by atoms with van der Waals surface area (Å²) < 4.78 is 19.7. The first-order valence-corrected chi connectivity index (χ1v) is 50.7. The van der Waals surface area contributed by atoms with Crippen LogP contribution < -0.4 is 79.2 Å². The molecule has 0 saturated carbocycles. The Morgan fingerprint density at radius 2 is 0.669 bits per heavy atom. The molecular formula is C111H134N28O9. The Labute approximate surface area is 865 Å². The highest BCUT2D eigenvalue weighted by Crippen LogP contribution is 2.49. The first kappa shape index (κ1) is 102. The topological polar surface area (TPSA) is 316 Å². The lowest BCUT2D eigenvalue weighted by molar-refractivity contribution is -0.129. The molecular weight excluding hydrogens is 1870 g/mol. The Hall–Kier alpha value is -15.7. The summed E-state index contributed by atoms with van der Waals surface area (Å²) in [5.74, 6) is 4.55. The van der Waals surface area contributed by atoms with Gasteiger partial charge in [-0.15, -0.1) is 0 Å². The van der Waals surface area contributed by atoms with E-state index in [1.54, 1.807) is 90.1 Å². The zero-order valence-corrected chi connectivity index (χ0v) is 87.6. The summed E-state index contributed by atoms with van der Waals surface area (Å²) in [5.41, 5.74) is 20.6. The second-order valence-corrected chi connectivity index (χ2v) is 39.3. The normalized spacial score (nSPS) is 16.3. The SMILES string of the molecule is COc1cc(N2CCN(C(C)=O)CC2)ccc1N1C(=O)N(c2c(C)cccc2C)Cc2cnc(Nc3ccc(CN4CCN(C)CC4)cc3)nc21.COc1cc(N2CCN(C(C)=O)CC2)ccc1N1C(=O)N(c2c(C)cccc2C)Cc2cnc(Nc3ccc(N4CCN(C)CC4)cc3)nc21.COc1cc(N2CCN(C(C)=O)CC2)ccc1N1C(=O)N(c2c(C)cccc2C)Cc2cnc(Nc3cnn(CCN(C)C)c3)nc21. The van der Waals surface area contributed by atoms with Crippen molar-refractivity contribution in [2.45, 2.75) is 95.0 Å². The number of rotatable bonds is 24. The average Bonchev–Trinajstić information content (AvgIpc) is 0.753. The number of amides is 9. The molecule has 5 fully saturated rings. The van der Waals surface area contributed by atoms with E-state index in [0.29, 0.717) is 168 Å². The largest absolute Gasteiger partial charge is 0.494 e. The molecule has 9 amide bonds. The molecule has 0 radical (unpaired) electrons. The molecule has 8 aliphatic rings. The lowest BCUT2D eigenvalue weighted by atomic mass is 10.1. The van der Waals surface area contributed by atoms with Crippen molar-refractivity contribution in [1.82, 2.24) is 74.0 Å². The van der Waals surface area contributed by atoms with E-state index in [2.05, 4.69) is 116 Å². The summed E-state index contributed by atoms with van der Waals surface area (Å²) in [6.07, 6.45) is 9.04. The van der Waals surface area contributed by atoms with E-state index in [9.17, 15) is 28.8 Å². The van der Waals surface area contributed by atoms with E-state index >= 15 is 0 Å². The van der Waals surface area contributed by atoms with E-state index in [-0.39, 0.29) is 35.8 Å². The number of likely N-dealkylation sites (N-methyl/N-ethyl adjacent to an activating group) is 3. The van der Waals surface area contributed by atoms with E-state index < -0.39 is 0 Å². The lowest BCUT2D eigenvalue weighted by Crippen LogP contribution is -2.48. The first-order chi connectivity index (χ1) is 71.5. The van der Waals surface area contributed by atoms with Gasteiger partial charge < -0.3 is 79.2 Å². The maximum absolute atomic E-state index is 14.7. The summed E-state index contributed by atoms with van der Waals surface area (Å²) in [7, 11) is 13.2. The number of fused-ring (bicyclic) bond motifs is 3. The van der Waals surface area contributed by atoms with Crippen LogP contribution in [0.3, 0.4) is 0 Å². The number of benzene rings is 8. The molecule has 772 valence electrons. The van der Waals surface area contributed by atoms with Crippen LogP contribution in [-0.4, -0.2) is 297 Å². The number of hydrogen-bond acceptors (Lipinski definition) is 27. The van der Waals surface area contributed by atoms with Crippen LogP contribution in [0.15, 0.2) is 189 Å². The molecule has 0 unspecified atom stereocenters. The van der Waals surface area contributed by atoms with E-state index in [4.69, 9.17) is 39.1 Å². The number of piperazine rings is 5. The predicted molar refractivity (Wildman–Crippen MR) is 583 cm³/mol. The van der Waals surface area contributed by atoms with Gasteiger partial charge in [0.1, 0.15) is 17.2 Å². The zero-order chi connectivity index (χ0) is 104. The molecule has 3 N–H and O–H groups in total. The van der Waals surface area contributed by atoms with Crippen LogP contribution >= 0.6 is 0 Å². The van der Waals surface area contributed by atoms with Crippen LogP contribution in [-0.2, 0) is 47.1 Å². The van der Waals surface area contributed by atoms with Gasteiger partial charge in [-0.3, -0.25) is 38.7 Å². The minimum Gasteiger partial charge on any atom is -0.494 e. The van der Waals surface area contributed by atoms with Crippen molar-refractivity contribution in [3.63, 3.8) is 0 Å². The van der Waals surface area contributed by atoms with E-state index in [1.807, 2.05) is 209 Å². The van der Waals surface area contributed by atoms with Crippen molar-refractivity contribution in [2.24, 2.45) is 0 Å². The fourth-order valence-electron chi connectivity index (χ4n) is 20.5. The molecule has 12 heterocycles. The van der Waals surface area contributed by atoms with Gasteiger partial charge >= 0.3 is 18.1 Å². The van der Waals surface area contributed by atoms with E-state index in [0.717, 1.165) is 173 Å². The number of aryl methyl sites for hydroxylation is 6. The number of anilines is 19. The van der Waals surface area contributed by atoms with Crippen LogP contribution in [0.1, 0.15) is 76.4 Å². The highest BCUT2D eigenvalue weighted by molar-refractivity contribution is 6.14. The minimum atomic E-state index is -0.239. The van der Waals surface area contributed by atoms with Gasteiger partial charge in [-0.05, 0) is 181 Å². The number of carbonyl (C=O) groups excluding carboxylic acids is 6. The highest BCUT2D eigenvalue weighted by Gasteiger charge is 2.43. The number of aromatic nitrogens is 8. The molecule has 148 heavy (non-hydrogen) atoms. The molecule has 4 aromatic heterocycles. The fraction of sp³-hybridized carbons (Fsp3) is 0.378. The maximum Gasteiger partial charge on any atom is 0.335 e. The van der Waals surface area contributed by atoms with Crippen LogP contribution in [0.5, 0.6) is 17.2 Å². The first-order valence-electron chi connectivity index (χ1n) is 50.7. The average molecular weight is 2000 g/mol. The lowest BCUT2D eigenvalue weighted by Gasteiger charge is -2.38. The van der Waals surface area contributed by atoms with Crippen molar-refractivity contribution >= 4 is 145 Å². The van der Waals surface area contributed by atoms with Gasteiger partial charge in [-0.1, -0.05) is 66.7 Å². The van der Waals surface area contributed by atoms with Crippen molar-refractivity contribution in [3.05, 3.63) is 244 Å². The third-order valence-electron chi connectivity index (χ3n) is 28.9. The zero-order valence-electron chi connectivity index (χ0n) is 87.6. The Bertz CT molecular complexity index is 6780. The second kappa shape index (κ2) is 45.1. The Morgan fingerprint density at radius 1 is 0.365 bits per heavy atom. The number of methoxy groups -OCH3 is 3. The number of carbonyl (C=O) groups is 6. The summed E-state index contributed by atoms with van der Waals surface area (Å²) in [6, 6.07) is 51.8. The molecule has 20 rings (SSSR count). The van der Waals surface area contributed by atoms with Gasteiger partial charge in [0.2, 0.25) is 35.6 Å². The van der Waals surface area contributed by atoms with Crippen molar-refractivity contribution in [2.75, 3.05) is 252 Å². The molecule has 8 aliphatic heterocycles. The number of ether oxygens (including phenoxy) is 3. The number of hydrogen-bond donors (Lipinski definition) is 3.